The van der Waals surface area contributed by atoms with E-state index in [0.29, 0.717) is 12.3 Å². The molecule has 1 fully saturated rings. The van der Waals surface area contributed by atoms with Crippen molar-refractivity contribution in [3.63, 3.8) is 0 Å². The zero-order valence-electron chi connectivity index (χ0n) is 16.2. The van der Waals surface area contributed by atoms with Gasteiger partial charge in [-0.1, -0.05) is 30.7 Å². The largest absolute Gasteiger partial charge is 0.349 e. The first-order valence-corrected chi connectivity index (χ1v) is 12.1. The molecule has 1 aliphatic heterocycles. The highest BCUT2D eigenvalue weighted by atomic mass is 32.2. The molecule has 28 heavy (non-hydrogen) atoms. The number of thioether (sulfide) groups is 1. The summed E-state index contributed by atoms with van der Waals surface area (Å²) in [6.45, 7) is 2.34. The van der Waals surface area contributed by atoms with Crippen molar-refractivity contribution in [1.29, 1.82) is 0 Å². The van der Waals surface area contributed by atoms with Crippen LogP contribution in [0, 0.1) is 0 Å². The number of nitrogens with zero attached hydrogens (tertiary/aromatic N) is 3. The molecule has 5 nitrogen and oxygen atoms in total. The second-order valence-electron chi connectivity index (χ2n) is 7.58. The van der Waals surface area contributed by atoms with Crippen molar-refractivity contribution in [2.45, 2.75) is 62.9 Å². The van der Waals surface area contributed by atoms with E-state index >= 15 is 0 Å². The molecule has 0 saturated carbocycles. The van der Waals surface area contributed by atoms with Crippen molar-refractivity contribution in [2.75, 3.05) is 18.8 Å². The molecular weight excluding hydrogens is 390 g/mol. The normalized spacial score (nSPS) is 17.2. The number of carbonyl (C=O) groups excluding carboxylic acids is 1. The van der Waals surface area contributed by atoms with E-state index in [0.717, 1.165) is 62.3 Å². The predicted octanol–water partition coefficient (Wildman–Crippen LogP) is 3.73. The van der Waals surface area contributed by atoms with Crippen LogP contribution in [-0.2, 0) is 24.2 Å². The van der Waals surface area contributed by atoms with Gasteiger partial charge in [-0.2, -0.15) is 4.98 Å². The van der Waals surface area contributed by atoms with Crippen molar-refractivity contribution in [3.8, 4) is 0 Å². The van der Waals surface area contributed by atoms with Crippen molar-refractivity contribution in [2.24, 2.45) is 0 Å². The topological polar surface area (TPSA) is 55.2 Å². The van der Waals surface area contributed by atoms with Gasteiger partial charge in [-0.3, -0.25) is 9.36 Å². The lowest BCUT2D eigenvalue weighted by atomic mass is 9.97. The van der Waals surface area contributed by atoms with Crippen LogP contribution in [0.3, 0.4) is 0 Å². The number of hydrogen-bond acceptors (Lipinski definition) is 5. The van der Waals surface area contributed by atoms with Crippen LogP contribution in [0.4, 0.5) is 0 Å². The summed E-state index contributed by atoms with van der Waals surface area (Å²) in [4.78, 5) is 33.0. The van der Waals surface area contributed by atoms with E-state index in [9.17, 15) is 9.59 Å². The minimum Gasteiger partial charge on any atom is -0.342 e. The minimum absolute atomic E-state index is 0.182. The first-order chi connectivity index (χ1) is 13.7. The quantitative estimate of drug-likeness (QED) is 0.549. The van der Waals surface area contributed by atoms with Crippen molar-refractivity contribution < 1.29 is 4.79 Å². The lowest BCUT2D eigenvalue weighted by Crippen LogP contribution is -2.34. The highest BCUT2D eigenvalue weighted by Gasteiger charge is 2.22. The van der Waals surface area contributed by atoms with Gasteiger partial charge >= 0.3 is 5.69 Å². The Bertz CT molecular complexity index is 869. The van der Waals surface area contributed by atoms with Crippen LogP contribution < -0.4 is 5.69 Å². The third-order valence-corrected chi connectivity index (χ3v) is 7.50. The van der Waals surface area contributed by atoms with Gasteiger partial charge < -0.3 is 4.90 Å². The fraction of sp³-hybridized carbons (Fsp3) is 0.571. The van der Waals surface area contributed by atoms with Crippen LogP contribution in [0.25, 0.3) is 0 Å². The van der Waals surface area contributed by atoms with Crippen LogP contribution in [0.2, 0.25) is 0 Å². The number of rotatable bonds is 5. The van der Waals surface area contributed by atoms with Crippen LogP contribution >= 0.6 is 23.1 Å². The van der Waals surface area contributed by atoms with Gasteiger partial charge in [-0.25, -0.2) is 4.79 Å². The summed E-state index contributed by atoms with van der Waals surface area (Å²) in [5, 5.41) is 2.82. The van der Waals surface area contributed by atoms with Gasteiger partial charge in [0.15, 0.2) is 0 Å². The third kappa shape index (κ3) is 4.51. The molecule has 0 atom stereocenters. The van der Waals surface area contributed by atoms with Crippen LogP contribution in [0.5, 0.6) is 0 Å². The standard InChI is InChI=1S/C21H27N3O2S2/c25-19(23-11-5-1-2-6-12-23)15-28-20-17-9-3-4-10-18(17)24(21(26)22-20)14-16-8-7-13-27-16/h7-8,13H,1-6,9-12,14-15H2. The van der Waals surface area contributed by atoms with E-state index in [1.54, 1.807) is 11.3 Å². The first-order valence-electron chi connectivity index (χ1n) is 10.3. The molecular formula is C21H27N3O2S2. The Balaban J connectivity index is 1.53. The summed E-state index contributed by atoms with van der Waals surface area (Å²) >= 11 is 3.13. The second-order valence-corrected chi connectivity index (χ2v) is 9.58. The maximum absolute atomic E-state index is 12.8. The molecule has 0 bridgehead atoms. The Morgan fingerprint density at radius 2 is 1.89 bits per heavy atom. The summed E-state index contributed by atoms with van der Waals surface area (Å²) < 4.78 is 1.85. The molecule has 0 spiro atoms. The zero-order chi connectivity index (χ0) is 19.3. The minimum atomic E-state index is -0.182. The maximum atomic E-state index is 12.8. The fourth-order valence-corrected chi connectivity index (χ4v) is 5.80. The molecule has 2 aromatic heterocycles. The molecule has 3 heterocycles. The summed E-state index contributed by atoms with van der Waals surface area (Å²) in [6, 6.07) is 4.08. The number of aromatic nitrogens is 2. The molecule has 0 unspecified atom stereocenters. The van der Waals surface area contributed by atoms with E-state index in [1.807, 2.05) is 20.9 Å². The van der Waals surface area contributed by atoms with Gasteiger partial charge in [0.1, 0.15) is 5.03 Å². The lowest BCUT2D eigenvalue weighted by Gasteiger charge is -2.23. The zero-order valence-corrected chi connectivity index (χ0v) is 17.8. The Morgan fingerprint density at radius 3 is 2.64 bits per heavy atom. The van der Waals surface area contributed by atoms with Crippen molar-refractivity contribution in [3.05, 3.63) is 44.1 Å². The fourth-order valence-electron chi connectivity index (χ4n) is 4.13. The number of likely N-dealkylation sites (tertiary alicyclic amines) is 1. The Labute approximate surface area is 174 Å². The predicted molar refractivity (Wildman–Crippen MR) is 114 cm³/mol. The summed E-state index contributed by atoms with van der Waals surface area (Å²) in [5.41, 5.74) is 2.14. The maximum Gasteiger partial charge on any atom is 0.349 e. The molecule has 2 aromatic rings. The highest BCUT2D eigenvalue weighted by Crippen LogP contribution is 2.29. The van der Waals surface area contributed by atoms with Crippen LogP contribution in [-0.4, -0.2) is 39.2 Å². The van der Waals surface area contributed by atoms with Gasteiger partial charge in [-0.05, 0) is 50.0 Å². The molecule has 7 heteroatoms. The Morgan fingerprint density at radius 1 is 1.11 bits per heavy atom. The first kappa shape index (κ1) is 19.7. The van der Waals surface area contributed by atoms with Crippen molar-refractivity contribution >= 4 is 29.0 Å². The van der Waals surface area contributed by atoms with E-state index in [4.69, 9.17) is 0 Å². The van der Waals surface area contributed by atoms with Gasteiger partial charge in [0.05, 0.1) is 12.3 Å². The molecule has 4 rings (SSSR count). The summed E-state index contributed by atoms with van der Waals surface area (Å²) in [6.07, 6.45) is 8.74. The monoisotopic (exact) mass is 417 g/mol. The highest BCUT2D eigenvalue weighted by molar-refractivity contribution is 7.99. The molecule has 1 aliphatic carbocycles. The average molecular weight is 418 g/mol. The Kier molecular flexibility index (Phi) is 6.52. The summed E-state index contributed by atoms with van der Waals surface area (Å²) in [5.74, 6) is 0.564. The lowest BCUT2D eigenvalue weighted by molar-refractivity contribution is -0.128. The van der Waals surface area contributed by atoms with Gasteiger partial charge in [0, 0.05) is 29.2 Å². The number of carbonyl (C=O) groups is 1. The molecule has 0 N–H and O–H groups in total. The van der Waals surface area contributed by atoms with Gasteiger partial charge in [0.2, 0.25) is 5.91 Å². The molecule has 1 saturated heterocycles. The van der Waals surface area contributed by atoms with E-state index in [1.165, 1.54) is 35.0 Å². The second kappa shape index (κ2) is 9.27. The number of fused-ring (bicyclic) bond motifs is 1. The SMILES string of the molecule is O=C(CSc1nc(=O)n(Cc2cccs2)c2c1CCCC2)N1CCCCCC1. The molecule has 2 aliphatic rings. The molecule has 1 amide bonds. The summed E-state index contributed by atoms with van der Waals surface area (Å²) in [7, 11) is 0. The smallest absolute Gasteiger partial charge is 0.342 e. The number of thiophene rings is 1. The molecule has 150 valence electrons. The van der Waals surface area contributed by atoms with Crippen LogP contribution in [0.15, 0.2) is 27.3 Å². The number of amides is 1. The van der Waals surface area contributed by atoms with E-state index in [2.05, 4.69) is 11.1 Å². The molecule has 0 aromatic carbocycles. The van der Waals surface area contributed by atoms with Crippen LogP contribution in [0.1, 0.15) is 54.7 Å². The van der Waals surface area contributed by atoms with Gasteiger partial charge in [-0.15, -0.1) is 11.3 Å². The van der Waals surface area contributed by atoms with E-state index in [-0.39, 0.29) is 11.6 Å². The third-order valence-electron chi connectivity index (χ3n) is 5.64. The van der Waals surface area contributed by atoms with Crippen molar-refractivity contribution in [1.82, 2.24) is 14.5 Å². The average Bonchev–Trinajstić information content (AvgIpc) is 3.07. The number of hydrogen-bond donors (Lipinski definition) is 0. The molecule has 0 radical (unpaired) electrons. The Hall–Kier alpha value is -1.60. The van der Waals surface area contributed by atoms with E-state index < -0.39 is 0 Å². The van der Waals surface area contributed by atoms with Gasteiger partial charge in [0.25, 0.3) is 0 Å².